The summed E-state index contributed by atoms with van der Waals surface area (Å²) in [6.07, 6.45) is 5.81. The number of hydrogen-bond acceptors (Lipinski definition) is 3. The van der Waals surface area contributed by atoms with Crippen molar-refractivity contribution in [2.24, 2.45) is 0 Å². The fourth-order valence-electron chi connectivity index (χ4n) is 1.36. The SMILES string of the molecule is c1ncc2c(n1)CCCNC2. The molecule has 1 N–H and O–H groups in total. The van der Waals surface area contributed by atoms with Gasteiger partial charge in [0.15, 0.2) is 0 Å². The molecule has 11 heavy (non-hydrogen) atoms. The van der Waals surface area contributed by atoms with E-state index in [0.29, 0.717) is 0 Å². The minimum Gasteiger partial charge on any atom is -0.313 e. The average Bonchev–Trinajstić information content (AvgIpc) is 2.28. The second-order valence-electron chi connectivity index (χ2n) is 2.78. The van der Waals surface area contributed by atoms with Crippen molar-refractivity contribution in [1.29, 1.82) is 0 Å². The Morgan fingerprint density at radius 3 is 3.45 bits per heavy atom. The first-order valence-electron chi connectivity index (χ1n) is 3.95. The van der Waals surface area contributed by atoms with Gasteiger partial charge in [-0.25, -0.2) is 9.97 Å². The Balaban J connectivity index is 2.33. The Bertz CT molecular complexity index is 222. The molecule has 1 aliphatic rings. The van der Waals surface area contributed by atoms with Crippen LogP contribution in [0.2, 0.25) is 0 Å². The lowest BCUT2D eigenvalue weighted by Crippen LogP contribution is -2.12. The maximum absolute atomic E-state index is 4.23. The molecule has 0 radical (unpaired) electrons. The van der Waals surface area contributed by atoms with Gasteiger partial charge in [-0.1, -0.05) is 0 Å². The molecule has 3 nitrogen and oxygen atoms in total. The molecule has 0 saturated carbocycles. The highest BCUT2D eigenvalue weighted by atomic mass is 14.9. The summed E-state index contributed by atoms with van der Waals surface area (Å²) in [5.74, 6) is 0. The van der Waals surface area contributed by atoms with E-state index in [1.54, 1.807) is 6.33 Å². The Hall–Kier alpha value is -0.960. The van der Waals surface area contributed by atoms with Crippen molar-refractivity contribution in [1.82, 2.24) is 15.3 Å². The van der Waals surface area contributed by atoms with Crippen LogP contribution in [0.5, 0.6) is 0 Å². The number of nitrogens with zero attached hydrogens (tertiary/aromatic N) is 2. The molecule has 0 bridgehead atoms. The van der Waals surface area contributed by atoms with Crippen molar-refractivity contribution < 1.29 is 0 Å². The van der Waals surface area contributed by atoms with E-state index in [0.717, 1.165) is 19.5 Å². The van der Waals surface area contributed by atoms with Gasteiger partial charge in [0, 0.05) is 24.0 Å². The fourth-order valence-corrected chi connectivity index (χ4v) is 1.36. The molecule has 0 aromatic carbocycles. The molecule has 0 aliphatic carbocycles. The van der Waals surface area contributed by atoms with Crippen LogP contribution in [0, 0.1) is 0 Å². The topological polar surface area (TPSA) is 37.8 Å². The van der Waals surface area contributed by atoms with Gasteiger partial charge in [0.05, 0.1) is 0 Å². The van der Waals surface area contributed by atoms with Crippen molar-refractivity contribution in [2.75, 3.05) is 6.54 Å². The minimum absolute atomic E-state index is 0.927. The molecule has 0 spiro atoms. The zero-order chi connectivity index (χ0) is 7.52. The summed E-state index contributed by atoms with van der Waals surface area (Å²) in [4.78, 5) is 8.22. The largest absolute Gasteiger partial charge is 0.313 e. The Morgan fingerprint density at radius 2 is 2.45 bits per heavy atom. The number of aromatic nitrogens is 2. The van der Waals surface area contributed by atoms with Crippen LogP contribution in [0.1, 0.15) is 17.7 Å². The van der Waals surface area contributed by atoms with Crippen molar-refractivity contribution in [3.8, 4) is 0 Å². The Kier molecular flexibility index (Phi) is 1.81. The highest BCUT2D eigenvalue weighted by Crippen LogP contribution is 2.08. The van der Waals surface area contributed by atoms with E-state index >= 15 is 0 Å². The van der Waals surface area contributed by atoms with Crippen molar-refractivity contribution in [3.63, 3.8) is 0 Å². The summed E-state index contributed by atoms with van der Waals surface area (Å²) in [6, 6.07) is 0. The third kappa shape index (κ3) is 1.38. The number of aryl methyl sites for hydroxylation is 1. The molecule has 0 fully saturated rings. The van der Waals surface area contributed by atoms with E-state index in [1.165, 1.54) is 17.7 Å². The van der Waals surface area contributed by atoms with Crippen LogP contribution < -0.4 is 5.32 Å². The number of hydrogen-bond donors (Lipinski definition) is 1. The second kappa shape index (κ2) is 2.96. The quantitative estimate of drug-likeness (QED) is 0.584. The van der Waals surface area contributed by atoms with Crippen LogP contribution in [0.15, 0.2) is 12.5 Å². The molecular weight excluding hydrogens is 138 g/mol. The summed E-state index contributed by atoms with van der Waals surface area (Å²) in [6.45, 7) is 2.02. The Labute approximate surface area is 65.9 Å². The van der Waals surface area contributed by atoms with Gasteiger partial charge in [-0.2, -0.15) is 0 Å². The Morgan fingerprint density at radius 1 is 1.45 bits per heavy atom. The summed E-state index contributed by atoms with van der Waals surface area (Å²) in [5.41, 5.74) is 2.47. The standard InChI is InChI=1S/C8H11N3/c1-2-8-7(4-9-3-1)5-10-6-11-8/h5-6,9H,1-4H2. The average molecular weight is 149 g/mol. The zero-order valence-corrected chi connectivity index (χ0v) is 6.38. The summed E-state index contributed by atoms with van der Waals surface area (Å²) in [7, 11) is 0. The predicted molar refractivity (Wildman–Crippen MR) is 42.1 cm³/mol. The summed E-state index contributed by atoms with van der Waals surface area (Å²) >= 11 is 0. The molecule has 2 heterocycles. The van der Waals surface area contributed by atoms with Crippen LogP contribution in [0.25, 0.3) is 0 Å². The second-order valence-corrected chi connectivity index (χ2v) is 2.78. The van der Waals surface area contributed by atoms with Crippen LogP contribution in [0.3, 0.4) is 0 Å². The highest BCUT2D eigenvalue weighted by molar-refractivity contribution is 5.16. The molecule has 3 heteroatoms. The van der Waals surface area contributed by atoms with E-state index in [4.69, 9.17) is 0 Å². The molecule has 58 valence electrons. The molecule has 1 aromatic rings. The third-order valence-electron chi connectivity index (χ3n) is 1.96. The van der Waals surface area contributed by atoms with Crippen LogP contribution in [-0.4, -0.2) is 16.5 Å². The molecule has 0 amide bonds. The number of rotatable bonds is 0. The molecular formula is C8H11N3. The molecule has 1 aromatic heterocycles. The van der Waals surface area contributed by atoms with Gasteiger partial charge in [0.25, 0.3) is 0 Å². The van der Waals surface area contributed by atoms with Gasteiger partial charge in [-0.15, -0.1) is 0 Å². The molecule has 0 saturated heterocycles. The lowest BCUT2D eigenvalue weighted by atomic mass is 10.2. The van der Waals surface area contributed by atoms with E-state index in [2.05, 4.69) is 15.3 Å². The van der Waals surface area contributed by atoms with Gasteiger partial charge in [0.1, 0.15) is 6.33 Å². The monoisotopic (exact) mass is 149 g/mol. The first kappa shape index (κ1) is 6.73. The first-order valence-corrected chi connectivity index (χ1v) is 3.95. The van der Waals surface area contributed by atoms with Crippen molar-refractivity contribution in [2.45, 2.75) is 19.4 Å². The maximum atomic E-state index is 4.23. The molecule has 2 rings (SSSR count). The smallest absolute Gasteiger partial charge is 0.115 e. The zero-order valence-electron chi connectivity index (χ0n) is 6.38. The summed E-state index contributed by atoms with van der Waals surface area (Å²) in [5, 5.41) is 3.32. The maximum Gasteiger partial charge on any atom is 0.115 e. The molecule has 1 aliphatic heterocycles. The lowest BCUT2D eigenvalue weighted by Gasteiger charge is -2.00. The van der Waals surface area contributed by atoms with Gasteiger partial charge in [0.2, 0.25) is 0 Å². The van der Waals surface area contributed by atoms with Gasteiger partial charge < -0.3 is 5.32 Å². The number of nitrogens with one attached hydrogen (secondary N) is 1. The van der Waals surface area contributed by atoms with E-state index < -0.39 is 0 Å². The van der Waals surface area contributed by atoms with E-state index in [1.807, 2.05) is 6.20 Å². The molecule has 0 atom stereocenters. The van der Waals surface area contributed by atoms with Crippen LogP contribution >= 0.6 is 0 Å². The number of fused-ring (bicyclic) bond motifs is 1. The minimum atomic E-state index is 0.927. The van der Waals surface area contributed by atoms with Gasteiger partial charge in [-0.05, 0) is 19.4 Å². The highest BCUT2D eigenvalue weighted by Gasteiger charge is 2.06. The molecule has 0 unspecified atom stereocenters. The fraction of sp³-hybridized carbons (Fsp3) is 0.500. The predicted octanol–water partition coefficient (Wildman–Crippen LogP) is 0.512. The normalized spacial score (nSPS) is 17.1. The summed E-state index contributed by atoms with van der Waals surface area (Å²) < 4.78 is 0. The van der Waals surface area contributed by atoms with Crippen molar-refractivity contribution in [3.05, 3.63) is 23.8 Å². The van der Waals surface area contributed by atoms with Gasteiger partial charge in [-0.3, -0.25) is 0 Å². The van der Waals surface area contributed by atoms with Gasteiger partial charge >= 0.3 is 0 Å². The lowest BCUT2D eigenvalue weighted by molar-refractivity contribution is 0.680. The van der Waals surface area contributed by atoms with Crippen LogP contribution in [-0.2, 0) is 13.0 Å². The third-order valence-corrected chi connectivity index (χ3v) is 1.96. The van der Waals surface area contributed by atoms with E-state index in [-0.39, 0.29) is 0 Å². The van der Waals surface area contributed by atoms with Crippen molar-refractivity contribution >= 4 is 0 Å². The van der Waals surface area contributed by atoms with Crippen LogP contribution in [0.4, 0.5) is 0 Å². The first-order chi connectivity index (χ1) is 5.47. The van der Waals surface area contributed by atoms with E-state index in [9.17, 15) is 0 Å².